The van der Waals surface area contributed by atoms with Crippen molar-refractivity contribution in [1.29, 1.82) is 0 Å². The van der Waals surface area contributed by atoms with Crippen LogP contribution in [0.15, 0.2) is 59.7 Å². The molecular weight excluding hydrogens is 416 g/mol. The Morgan fingerprint density at radius 3 is 1.55 bits per heavy atom. The molecule has 172 valence electrons. The van der Waals surface area contributed by atoms with Crippen LogP contribution in [-0.2, 0) is 4.79 Å². The van der Waals surface area contributed by atoms with E-state index in [0.29, 0.717) is 23.0 Å². The van der Waals surface area contributed by atoms with E-state index in [1.165, 1.54) is 5.57 Å². The van der Waals surface area contributed by atoms with Gasteiger partial charge in [0.25, 0.3) is 0 Å². The number of ether oxygens (including phenoxy) is 4. The van der Waals surface area contributed by atoms with Gasteiger partial charge in [-0.05, 0) is 78.6 Å². The Kier molecular flexibility index (Phi) is 6.59. The standard InChI is InChI=1S/C28H30O5/c1-17-10-20-16-21(11-17)23(13-19-7-9-25(31-3)27(15-19)33-5)28(29)22(20)12-18-6-8-24(30-2)26(14-18)32-4/h6-9,12-15,20-21H,1,10-11,16H2,2-5H3/b22-12+,23-13+. The summed E-state index contributed by atoms with van der Waals surface area (Å²) in [5, 5.41) is 0. The quantitative estimate of drug-likeness (QED) is 0.418. The van der Waals surface area contributed by atoms with Gasteiger partial charge in [-0.25, -0.2) is 0 Å². The van der Waals surface area contributed by atoms with E-state index >= 15 is 0 Å². The molecule has 0 spiro atoms. The molecule has 0 amide bonds. The molecule has 0 N–H and O–H groups in total. The lowest BCUT2D eigenvalue weighted by Gasteiger charge is -2.38. The first-order valence-corrected chi connectivity index (χ1v) is 11.1. The third kappa shape index (κ3) is 4.54. The van der Waals surface area contributed by atoms with Crippen LogP contribution in [0.4, 0.5) is 0 Å². The lowest BCUT2D eigenvalue weighted by Crippen LogP contribution is -2.32. The summed E-state index contributed by atoms with van der Waals surface area (Å²) in [5.74, 6) is 3.07. The number of fused-ring (bicyclic) bond motifs is 2. The lowest BCUT2D eigenvalue weighted by molar-refractivity contribution is -0.114. The number of allylic oxidation sites excluding steroid dienone is 3. The number of rotatable bonds is 6. The molecule has 0 heterocycles. The first kappa shape index (κ1) is 22.7. The number of carbonyl (C=O) groups excluding carboxylic acids is 1. The van der Waals surface area contributed by atoms with E-state index in [-0.39, 0.29) is 17.6 Å². The molecule has 2 unspecified atom stereocenters. The Labute approximate surface area is 195 Å². The van der Waals surface area contributed by atoms with Gasteiger partial charge in [0, 0.05) is 11.1 Å². The summed E-state index contributed by atoms with van der Waals surface area (Å²) in [6.45, 7) is 4.27. The number of Topliss-reactive ketones (excluding diaryl/α,β-unsaturated/α-hetero) is 1. The second-order valence-corrected chi connectivity index (χ2v) is 8.55. The van der Waals surface area contributed by atoms with Crippen LogP contribution in [0.2, 0.25) is 0 Å². The topological polar surface area (TPSA) is 54.0 Å². The normalized spacial score (nSPS) is 22.4. The molecule has 5 nitrogen and oxygen atoms in total. The molecule has 2 aliphatic rings. The molecule has 0 saturated heterocycles. The maximum absolute atomic E-state index is 13.7. The molecule has 4 rings (SSSR count). The third-order valence-electron chi connectivity index (χ3n) is 6.50. The van der Waals surface area contributed by atoms with Crippen LogP contribution in [0.25, 0.3) is 12.2 Å². The van der Waals surface area contributed by atoms with Crippen molar-refractivity contribution < 1.29 is 23.7 Å². The zero-order valence-electron chi connectivity index (χ0n) is 19.6. The Bertz CT molecular complexity index is 1060. The van der Waals surface area contributed by atoms with E-state index in [0.717, 1.165) is 41.5 Å². The molecule has 2 aromatic carbocycles. The highest BCUT2D eigenvalue weighted by Gasteiger charge is 2.39. The van der Waals surface area contributed by atoms with E-state index in [1.54, 1.807) is 28.4 Å². The first-order chi connectivity index (χ1) is 16.0. The second-order valence-electron chi connectivity index (χ2n) is 8.55. The average molecular weight is 447 g/mol. The van der Waals surface area contributed by atoms with Crippen LogP contribution >= 0.6 is 0 Å². The van der Waals surface area contributed by atoms with Crippen molar-refractivity contribution in [2.24, 2.45) is 11.8 Å². The van der Waals surface area contributed by atoms with Gasteiger partial charge in [0.05, 0.1) is 28.4 Å². The average Bonchev–Trinajstić information content (AvgIpc) is 2.83. The van der Waals surface area contributed by atoms with Crippen molar-refractivity contribution >= 4 is 17.9 Å². The smallest absolute Gasteiger partial charge is 0.185 e. The summed E-state index contributed by atoms with van der Waals surface area (Å²) in [4.78, 5) is 13.7. The Balaban J connectivity index is 1.76. The maximum Gasteiger partial charge on any atom is 0.185 e. The fourth-order valence-electron chi connectivity index (χ4n) is 4.91. The van der Waals surface area contributed by atoms with Crippen LogP contribution in [0, 0.1) is 11.8 Å². The largest absolute Gasteiger partial charge is 0.493 e. The number of methoxy groups -OCH3 is 4. The van der Waals surface area contributed by atoms with Crippen LogP contribution < -0.4 is 18.9 Å². The molecule has 2 aliphatic carbocycles. The van der Waals surface area contributed by atoms with Gasteiger partial charge in [-0.2, -0.15) is 0 Å². The molecule has 0 aromatic heterocycles. The fraction of sp³-hybridized carbons (Fsp3) is 0.321. The number of hydrogen-bond acceptors (Lipinski definition) is 5. The first-order valence-electron chi connectivity index (χ1n) is 11.1. The summed E-state index contributed by atoms with van der Waals surface area (Å²) in [6.07, 6.45) is 6.64. The summed E-state index contributed by atoms with van der Waals surface area (Å²) >= 11 is 0. The fourth-order valence-corrected chi connectivity index (χ4v) is 4.91. The third-order valence-corrected chi connectivity index (χ3v) is 6.50. The lowest BCUT2D eigenvalue weighted by atomic mass is 9.65. The molecule has 2 aromatic rings. The highest BCUT2D eigenvalue weighted by atomic mass is 16.5. The minimum Gasteiger partial charge on any atom is -0.493 e. The van der Waals surface area contributed by atoms with E-state index in [9.17, 15) is 4.79 Å². The van der Waals surface area contributed by atoms with Gasteiger partial charge in [-0.15, -0.1) is 0 Å². The molecule has 2 saturated carbocycles. The predicted octanol–water partition coefficient (Wildman–Crippen LogP) is 5.74. The summed E-state index contributed by atoms with van der Waals surface area (Å²) < 4.78 is 21.6. The SMILES string of the molecule is C=C1CC2CC(C1)/C(=C\c1ccc(OC)c(OC)c1)C(=O)/C2=C/c1ccc(OC)c(OC)c1. The van der Waals surface area contributed by atoms with Crippen LogP contribution in [-0.4, -0.2) is 34.2 Å². The highest BCUT2D eigenvalue weighted by molar-refractivity contribution is 6.15. The summed E-state index contributed by atoms with van der Waals surface area (Å²) in [5.41, 5.74) is 4.67. The van der Waals surface area contributed by atoms with E-state index in [2.05, 4.69) is 6.58 Å². The minimum absolute atomic E-state index is 0.105. The van der Waals surface area contributed by atoms with Crippen molar-refractivity contribution in [3.05, 3.63) is 70.8 Å². The molecule has 2 bridgehead atoms. The predicted molar refractivity (Wildman–Crippen MR) is 130 cm³/mol. The molecule has 0 radical (unpaired) electrons. The monoisotopic (exact) mass is 446 g/mol. The molecule has 2 atom stereocenters. The van der Waals surface area contributed by atoms with Gasteiger partial charge in [0.2, 0.25) is 0 Å². The second kappa shape index (κ2) is 9.57. The van der Waals surface area contributed by atoms with Crippen molar-refractivity contribution in [2.75, 3.05) is 28.4 Å². The van der Waals surface area contributed by atoms with Gasteiger partial charge >= 0.3 is 0 Å². The highest BCUT2D eigenvalue weighted by Crippen LogP contribution is 2.47. The van der Waals surface area contributed by atoms with Crippen molar-refractivity contribution in [3.8, 4) is 23.0 Å². The Morgan fingerprint density at radius 2 is 1.15 bits per heavy atom. The van der Waals surface area contributed by atoms with Crippen molar-refractivity contribution in [1.82, 2.24) is 0 Å². The number of carbonyl (C=O) groups is 1. The Hall–Kier alpha value is -3.47. The number of benzene rings is 2. The molecule has 33 heavy (non-hydrogen) atoms. The van der Waals surface area contributed by atoms with Crippen LogP contribution in [0.1, 0.15) is 30.4 Å². The van der Waals surface area contributed by atoms with E-state index in [4.69, 9.17) is 18.9 Å². The minimum atomic E-state index is 0.105. The van der Waals surface area contributed by atoms with Crippen molar-refractivity contribution in [3.63, 3.8) is 0 Å². The van der Waals surface area contributed by atoms with Gasteiger partial charge in [0.15, 0.2) is 28.8 Å². The Morgan fingerprint density at radius 1 is 0.727 bits per heavy atom. The van der Waals surface area contributed by atoms with Crippen LogP contribution in [0.3, 0.4) is 0 Å². The molecule has 5 heteroatoms. The zero-order valence-corrected chi connectivity index (χ0v) is 19.6. The number of hydrogen-bond donors (Lipinski definition) is 0. The zero-order chi connectivity index (χ0) is 23.5. The van der Waals surface area contributed by atoms with Gasteiger partial charge in [-0.1, -0.05) is 24.3 Å². The molecule has 0 aliphatic heterocycles. The molecule has 2 fully saturated rings. The summed E-state index contributed by atoms with van der Waals surface area (Å²) in [6, 6.07) is 11.4. The van der Waals surface area contributed by atoms with E-state index < -0.39 is 0 Å². The van der Waals surface area contributed by atoms with E-state index in [1.807, 2.05) is 48.6 Å². The summed E-state index contributed by atoms with van der Waals surface area (Å²) in [7, 11) is 6.44. The van der Waals surface area contributed by atoms with Gasteiger partial charge in [0.1, 0.15) is 0 Å². The number of ketones is 1. The van der Waals surface area contributed by atoms with Gasteiger partial charge in [-0.3, -0.25) is 4.79 Å². The van der Waals surface area contributed by atoms with Crippen molar-refractivity contribution in [2.45, 2.75) is 19.3 Å². The maximum atomic E-state index is 13.7. The molecular formula is C28H30O5. The van der Waals surface area contributed by atoms with Crippen LogP contribution in [0.5, 0.6) is 23.0 Å². The van der Waals surface area contributed by atoms with Gasteiger partial charge < -0.3 is 18.9 Å².